The van der Waals surface area contributed by atoms with Gasteiger partial charge in [-0.3, -0.25) is 9.59 Å². The molecule has 1 unspecified atom stereocenters. The first-order chi connectivity index (χ1) is 18.0. The molecule has 0 N–H and O–H groups in total. The summed E-state index contributed by atoms with van der Waals surface area (Å²) >= 11 is 1.69. The number of hydrogen-bond donors (Lipinski definition) is 0. The molecule has 0 amide bonds. The molecule has 5 rings (SSSR count). The number of hydrogen-bond acceptors (Lipinski definition) is 5. The molecule has 194 valence electrons. The molecule has 0 saturated carbocycles. The summed E-state index contributed by atoms with van der Waals surface area (Å²) < 4.78 is 14.5. The van der Waals surface area contributed by atoms with Crippen molar-refractivity contribution in [3.8, 4) is 0 Å². The topological polar surface area (TPSA) is 74.3 Å². The summed E-state index contributed by atoms with van der Waals surface area (Å²) in [6.07, 6.45) is 0. The molecule has 1 aromatic heterocycles. The van der Waals surface area contributed by atoms with Crippen molar-refractivity contribution < 1.29 is 33.1 Å². The van der Waals surface area contributed by atoms with Crippen molar-refractivity contribution in [1.82, 2.24) is 0 Å². The molecule has 4 nitrogen and oxygen atoms in total. The molecular formula is C32H30LiO4PS. The zero-order valence-electron chi connectivity index (χ0n) is 23.1. The van der Waals surface area contributed by atoms with Crippen molar-refractivity contribution in [3.63, 3.8) is 0 Å². The monoisotopic (exact) mass is 548 g/mol. The number of rotatable bonds is 4. The fourth-order valence-electron chi connectivity index (χ4n) is 4.59. The Hall–Kier alpha value is -2.77. The van der Waals surface area contributed by atoms with Crippen LogP contribution < -0.4 is 34.5 Å². The van der Waals surface area contributed by atoms with Gasteiger partial charge in [-0.1, -0.05) is 80.1 Å². The Kier molecular flexibility index (Phi) is 9.94. The number of benzene rings is 4. The second-order valence-electron chi connectivity index (χ2n) is 9.80. The average Bonchev–Trinajstić information content (AvgIpc) is 2.89. The molecule has 1 atom stereocenters. The van der Waals surface area contributed by atoms with Crippen LogP contribution in [0, 0.1) is 20.8 Å². The first-order valence-corrected chi connectivity index (χ1v) is 14.9. The van der Waals surface area contributed by atoms with Gasteiger partial charge in [0.25, 0.3) is 0 Å². The maximum Gasteiger partial charge on any atom is 1.00 e. The van der Waals surface area contributed by atoms with E-state index < -0.39 is 12.9 Å². The van der Waals surface area contributed by atoms with Gasteiger partial charge in [0.05, 0.1) is 0 Å². The molecule has 39 heavy (non-hydrogen) atoms. The first kappa shape index (κ1) is 30.8. The molecular weight excluding hydrogens is 518 g/mol. The third-order valence-electron chi connectivity index (χ3n) is 6.52. The second kappa shape index (κ2) is 12.6. The van der Waals surface area contributed by atoms with Crippen molar-refractivity contribution >= 4 is 49.7 Å². The second-order valence-corrected chi connectivity index (χ2v) is 12.9. The first-order valence-electron chi connectivity index (χ1n) is 12.5. The molecule has 5 aromatic rings. The van der Waals surface area contributed by atoms with E-state index in [1.54, 1.807) is 43.4 Å². The Labute approximate surface area is 245 Å². The summed E-state index contributed by atoms with van der Waals surface area (Å²) in [6, 6.07) is 25.6. The van der Waals surface area contributed by atoms with E-state index in [1.807, 2.05) is 49.4 Å². The molecule has 0 spiro atoms. The van der Waals surface area contributed by atoms with Crippen molar-refractivity contribution in [3.05, 3.63) is 123 Å². The molecule has 0 aliphatic carbocycles. The van der Waals surface area contributed by atoms with E-state index in [4.69, 9.17) is 0 Å². The van der Waals surface area contributed by atoms with E-state index in [1.165, 1.54) is 17.7 Å². The fraction of sp³-hybridized carbons (Fsp3) is 0.188. The van der Waals surface area contributed by atoms with E-state index in [-0.39, 0.29) is 35.2 Å². The van der Waals surface area contributed by atoms with Crippen LogP contribution in [-0.2, 0) is 4.57 Å². The summed E-state index contributed by atoms with van der Waals surface area (Å²) in [5, 5.41) is 1.74. The van der Waals surface area contributed by atoms with Crippen LogP contribution in [0.25, 0.3) is 20.2 Å². The van der Waals surface area contributed by atoms with Crippen LogP contribution in [0.5, 0.6) is 0 Å². The van der Waals surface area contributed by atoms with Crippen molar-refractivity contribution in [1.29, 1.82) is 0 Å². The Morgan fingerprint density at radius 3 is 1.97 bits per heavy atom. The Balaban J connectivity index is 0.000000211. The Morgan fingerprint density at radius 2 is 1.36 bits per heavy atom. The van der Waals surface area contributed by atoms with Gasteiger partial charge in [0.15, 0.2) is 5.43 Å². The summed E-state index contributed by atoms with van der Waals surface area (Å²) in [5.41, 5.74) is 3.26. The molecule has 0 saturated heterocycles. The minimum Gasteiger partial charge on any atom is -0.790 e. The number of carbonyl (C=O) groups is 1. The van der Waals surface area contributed by atoms with Gasteiger partial charge >= 0.3 is 18.9 Å². The predicted octanol–water partition coefficient (Wildman–Crippen LogP) is 4.26. The maximum atomic E-state index is 12.5. The summed E-state index contributed by atoms with van der Waals surface area (Å²) in [6.45, 7) is 9.74. The van der Waals surface area contributed by atoms with Crippen LogP contribution in [0.2, 0.25) is 0 Å². The molecule has 0 fully saturated rings. The SMILES string of the molecule is CC(C)c1ccc2sc3ccccc3c(=O)c2c1.Cc1cc(C)c(C(=O)P(=O)([O-])c2ccccc2)c(C)c1.[Li+]. The molecule has 0 aliphatic rings. The van der Waals surface area contributed by atoms with Gasteiger partial charge in [-0.05, 0) is 67.6 Å². The van der Waals surface area contributed by atoms with Crippen molar-refractivity contribution in [2.75, 3.05) is 0 Å². The smallest absolute Gasteiger partial charge is 0.790 e. The largest absolute Gasteiger partial charge is 1.00 e. The van der Waals surface area contributed by atoms with Crippen LogP contribution in [0.3, 0.4) is 0 Å². The van der Waals surface area contributed by atoms with E-state index >= 15 is 0 Å². The number of carbonyl (C=O) groups excluding carboxylic acids is 1. The van der Waals surface area contributed by atoms with Gasteiger partial charge in [-0.25, -0.2) is 0 Å². The van der Waals surface area contributed by atoms with Crippen molar-refractivity contribution in [2.45, 2.75) is 40.5 Å². The van der Waals surface area contributed by atoms with E-state index in [2.05, 4.69) is 26.0 Å². The number of fused-ring (bicyclic) bond motifs is 2. The summed E-state index contributed by atoms with van der Waals surface area (Å²) in [5.74, 6) is 0.449. The quantitative estimate of drug-likeness (QED) is 0.191. The summed E-state index contributed by atoms with van der Waals surface area (Å²) in [4.78, 5) is 37.3. The average molecular weight is 549 g/mol. The molecule has 0 bridgehead atoms. The van der Waals surface area contributed by atoms with Gasteiger partial charge in [0.2, 0.25) is 5.52 Å². The van der Waals surface area contributed by atoms with Crippen LogP contribution >= 0.6 is 18.7 Å². The third-order valence-corrected chi connectivity index (χ3v) is 9.41. The minimum absolute atomic E-state index is 0. The fourth-order valence-corrected chi connectivity index (χ4v) is 7.08. The van der Waals surface area contributed by atoms with Gasteiger partial charge in [0.1, 0.15) is 7.37 Å². The minimum atomic E-state index is -4.32. The van der Waals surface area contributed by atoms with E-state index in [9.17, 15) is 19.0 Å². The molecule has 7 heteroatoms. The van der Waals surface area contributed by atoms with E-state index in [0.717, 1.165) is 25.7 Å². The Bertz CT molecular complexity index is 1740. The van der Waals surface area contributed by atoms with E-state index in [0.29, 0.717) is 17.0 Å². The van der Waals surface area contributed by atoms with Crippen LogP contribution in [0.1, 0.15) is 52.4 Å². The van der Waals surface area contributed by atoms with Gasteiger partial charge < -0.3 is 9.46 Å². The summed E-state index contributed by atoms with van der Waals surface area (Å²) in [7, 11) is -4.32. The predicted molar refractivity (Wildman–Crippen MR) is 158 cm³/mol. The van der Waals surface area contributed by atoms with Gasteiger partial charge in [-0.2, -0.15) is 0 Å². The van der Waals surface area contributed by atoms with Crippen LogP contribution in [-0.4, -0.2) is 5.52 Å². The third kappa shape index (κ3) is 6.52. The Morgan fingerprint density at radius 1 is 0.795 bits per heavy atom. The van der Waals surface area contributed by atoms with Crippen LogP contribution in [0.4, 0.5) is 0 Å². The van der Waals surface area contributed by atoms with Crippen LogP contribution in [0.15, 0.2) is 89.7 Å². The number of aryl methyl sites for hydroxylation is 3. The van der Waals surface area contributed by atoms with Gasteiger partial charge in [0, 0.05) is 31.0 Å². The van der Waals surface area contributed by atoms with Gasteiger partial charge in [-0.15, -0.1) is 11.3 Å². The normalized spacial score (nSPS) is 12.4. The van der Waals surface area contributed by atoms with Crippen molar-refractivity contribution in [2.24, 2.45) is 0 Å². The molecule has 1 heterocycles. The maximum absolute atomic E-state index is 12.5. The molecule has 0 aliphatic heterocycles. The zero-order chi connectivity index (χ0) is 27.6. The zero-order valence-corrected chi connectivity index (χ0v) is 24.9. The molecule has 4 aromatic carbocycles. The molecule has 0 radical (unpaired) electrons. The standard InChI is InChI=1S/C16H17O3P.C16H14OS.Li/c1-11-9-12(2)15(13(3)10-11)16(17)20(18,19)14-7-5-4-6-8-14;1-10(2)11-7-8-15-13(9-11)16(17)12-5-3-4-6-14(12)18-15;/h4-10H,1-3H3,(H,18,19);3-10H,1-2H3;/q;;+1/p-1.